The molecule has 0 atom stereocenters. The van der Waals surface area contributed by atoms with Crippen LogP contribution in [0.1, 0.15) is 6.42 Å². The number of benzene rings is 1. The molecule has 2 rings (SSSR count). The minimum absolute atomic E-state index is 0.0775. The Morgan fingerprint density at radius 2 is 2.19 bits per heavy atom. The van der Waals surface area contributed by atoms with Crippen LogP contribution in [0.3, 0.4) is 0 Å². The normalized spacial score (nSPS) is 11.6. The SMILES string of the molecule is Cn1cnc(S(=O)(=O)N(CCCN)c2cccc(F)c2)c1. The Bertz CT molecular complexity index is 714. The smallest absolute Gasteiger partial charge is 0.283 e. The summed E-state index contributed by atoms with van der Waals surface area (Å²) in [6, 6.07) is 5.45. The zero-order valence-electron chi connectivity index (χ0n) is 11.6. The molecule has 0 bridgehead atoms. The van der Waals surface area contributed by atoms with Crippen molar-refractivity contribution in [3.05, 3.63) is 42.6 Å². The van der Waals surface area contributed by atoms with Crippen LogP contribution in [0.25, 0.3) is 0 Å². The van der Waals surface area contributed by atoms with Crippen molar-refractivity contribution >= 4 is 15.7 Å². The average molecular weight is 312 g/mol. The Morgan fingerprint density at radius 1 is 1.43 bits per heavy atom. The summed E-state index contributed by atoms with van der Waals surface area (Å²) in [7, 11) is -2.16. The number of aromatic nitrogens is 2. The minimum Gasteiger partial charge on any atom is -0.339 e. The van der Waals surface area contributed by atoms with E-state index in [9.17, 15) is 12.8 Å². The highest BCUT2D eigenvalue weighted by Gasteiger charge is 2.26. The number of rotatable bonds is 6. The van der Waals surface area contributed by atoms with Crippen LogP contribution < -0.4 is 10.0 Å². The molecule has 0 aliphatic carbocycles. The van der Waals surface area contributed by atoms with E-state index in [4.69, 9.17) is 5.73 Å². The molecular formula is C13H17FN4O2S. The largest absolute Gasteiger partial charge is 0.339 e. The third-order valence-electron chi connectivity index (χ3n) is 2.90. The zero-order chi connectivity index (χ0) is 15.5. The summed E-state index contributed by atoms with van der Waals surface area (Å²) in [5.74, 6) is -0.499. The molecule has 0 fully saturated rings. The van der Waals surface area contributed by atoms with Crippen LogP contribution in [0, 0.1) is 5.82 Å². The van der Waals surface area contributed by atoms with Crippen LogP contribution in [-0.4, -0.2) is 31.1 Å². The first-order chi connectivity index (χ1) is 9.95. The number of imidazole rings is 1. The summed E-state index contributed by atoms with van der Waals surface area (Å²) < 4.78 is 41.4. The first-order valence-corrected chi connectivity index (χ1v) is 7.85. The predicted molar refractivity (Wildman–Crippen MR) is 77.8 cm³/mol. The van der Waals surface area contributed by atoms with Gasteiger partial charge in [0.2, 0.25) is 0 Å². The van der Waals surface area contributed by atoms with Crippen LogP contribution in [-0.2, 0) is 17.1 Å². The number of halogens is 1. The second-order valence-corrected chi connectivity index (χ2v) is 6.39. The monoisotopic (exact) mass is 312 g/mol. The van der Waals surface area contributed by atoms with E-state index in [2.05, 4.69) is 4.98 Å². The summed E-state index contributed by atoms with van der Waals surface area (Å²) in [5, 5.41) is -0.0775. The maximum absolute atomic E-state index is 13.4. The van der Waals surface area contributed by atoms with E-state index in [-0.39, 0.29) is 17.3 Å². The summed E-state index contributed by atoms with van der Waals surface area (Å²) >= 11 is 0. The van der Waals surface area contributed by atoms with Crippen molar-refractivity contribution in [2.45, 2.75) is 11.4 Å². The fraction of sp³-hybridized carbons (Fsp3) is 0.308. The lowest BCUT2D eigenvalue weighted by molar-refractivity contribution is 0.585. The highest BCUT2D eigenvalue weighted by molar-refractivity contribution is 7.92. The Balaban J connectivity index is 2.44. The lowest BCUT2D eigenvalue weighted by Gasteiger charge is -2.23. The van der Waals surface area contributed by atoms with E-state index >= 15 is 0 Å². The van der Waals surface area contributed by atoms with Gasteiger partial charge in [-0.2, -0.15) is 8.42 Å². The van der Waals surface area contributed by atoms with Gasteiger partial charge in [-0.25, -0.2) is 9.37 Å². The van der Waals surface area contributed by atoms with Crippen molar-refractivity contribution in [2.24, 2.45) is 12.8 Å². The van der Waals surface area contributed by atoms with Crippen molar-refractivity contribution in [1.82, 2.24) is 9.55 Å². The molecule has 2 aromatic rings. The molecule has 21 heavy (non-hydrogen) atoms. The molecule has 1 aromatic heterocycles. The summed E-state index contributed by atoms with van der Waals surface area (Å²) in [6.45, 7) is 0.502. The molecule has 1 aromatic carbocycles. The molecule has 0 saturated carbocycles. The van der Waals surface area contributed by atoms with Crippen LogP contribution in [0.5, 0.6) is 0 Å². The molecule has 0 amide bonds. The molecule has 0 unspecified atom stereocenters. The van der Waals surface area contributed by atoms with Gasteiger partial charge in [0.1, 0.15) is 5.82 Å². The minimum atomic E-state index is -3.84. The second-order valence-electron chi connectivity index (χ2n) is 4.58. The van der Waals surface area contributed by atoms with E-state index in [1.165, 1.54) is 30.7 Å². The van der Waals surface area contributed by atoms with Gasteiger partial charge in [-0.1, -0.05) is 6.07 Å². The molecule has 0 aliphatic heterocycles. The Kier molecular flexibility index (Phi) is 4.59. The number of nitrogens with zero attached hydrogens (tertiary/aromatic N) is 3. The highest BCUT2D eigenvalue weighted by atomic mass is 32.2. The van der Waals surface area contributed by atoms with Crippen LogP contribution in [0.4, 0.5) is 10.1 Å². The van der Waals surface area contributed by atoms with E-state index in [1.807, 2.05) is 0 Å². The van der Waals surface area contributed by atoms with E-state index in [1.54, 1.807) is 17.7 Å². The molecule has 8 heteroatoms. The third kappa shape index (κ3) is 3.40. The van der Waals surface area contributed by atoms with E-state index in [0.29, 0.717) is 13.0 Å². The lowest BCUT2D eigenvalue weighted by Crippen LogP contribution is -2.33. The van der Waals surface area contributed by atoms with E-state index in [0.717, 1.165) is 4.31 Å². The van der Waals surface area contributed by atoms with Crippen molar-refractivity contribution in [3.63, 3.8) is 0 Å². The zero-order valence-corrected chi connectivity index (χ0v) is 12.4. The molecule has 0 aliphatic rings. The molecule has 6 nitrogen and oxygen atoms in total. The molecule has 114 valence electrons. The maximum atomic E-state index is 13.4. The Morgan fingerprint density at radius 3 is 2.76 bits per heavy atom. The van der Waals surface area contributed by atoms with Crippen molar-refractivity contribution in [2.75, 3.05) is 17.4 Å². The molecule has 0 radical (unpaired) electrons. The fourth-order valence-corrected chi connectivity index (χ4v) is 3.36. The lowest BCUT2D eigenvalue weighted by atomic mass is 10.3. The molecular weight excluding hydrogens is 295 g/mol. The summed E-state index contributed by atoms with van der Waals surface area (Å²) in [5.41, 5.74) is 5.71. The van der Waals surface area contributed by atoms with Gasteiger partial charge in [0.15, 0.2) is 5.03 Å². The number of sulfonamides is 1. The van der Waals surface area contributed by atoms with Gasteiger partial charge in [-0.3, -0.25) is 4.31 Å². The number of nitrogens with two attached hydrogens (primary N) is 1. The number of hydrogen-bond acceptors (Lipinski definition) is 4. The van der Waals surface area contributed by atoms with Gasteiger partial charge in [-0.05, 0) is 31.2 Å². The first-order valence-electron chi connectivity index (χ1n) is 6.41. The van der Waals surface area contributed by atoms with Gasteiger partial charge in [0, 0.05) is 19.8 Å². The molecule has 2 N–H and O–H groups in total. The quantitative estimate of drug-likeness (QED) is 0.866. The predicted octanol–water partition coefficient (Wildman–Crippen LogP) is 1.10. The standard InChI is InChI=1S/C13H17FN4O2S/c1-17-9-13(16-10-17)21(19,20)18(7-3-6-15)12-5-2-4-11(14)8-12/h2,4-5,8-10H,3,6-7,15H2,1H3. The Hall–Kier alpha value is -1.93. The first kappa shape index (κ1) is 15.5. The van der Waals surface area contributed by atoms with Gasteiger partial charge >= 0.3 is 0 Å². The van der Waals surface area contributed by atoms with Gasteiger partial charge in [0.25, 0.3) is 10.0 Å². The van der Waals surface area contributed by atoms with Gasteiger partial charge in [0.05, 0.1) is 12.0 Å². The summed E-state index contributed by atoms with van der Waals surface area (Å²) in [6.07, 6.45) is 3.27. The molecule has 0 saturated heterocycles. The average Bonchev–Trinajstić information content (AvgIpc) is 2.86. The van der Waals surface area contributed by atoms with Crippen LogP contribution in [0.2, 0.25) is 0 Å². The van der Waals surface area contributed by atoms with Gasteiger partial charge < -0.3 is 10.3 Å². The molecule has 0 spiro atoms. The number of anilines is 1. The van der Waals surface area contributed by atoms with Crippen molar-refractivity contribution in [1.29, 1.82) is 0 Å². The number of aryl methyl sites for hydroxylation is 1. The Labute approximate surface area is 123 Å². The van der Waals surface area contributed by atoms with Gasteiger partial charge in [-0.15, -0.1) is 0 Å². The summed E-state index contributed by atoms with van der Waals surface area (Å²) in [4.78, 5) is 3.87. The van der Waals surface area contributed by atoms with Crippen LogP contribution >= 0.6 is 0 Å². The second kappa shape index (κ2) is 6.23. The van der Waals surface area contributed by atoms with Crippen molar-refractivity contribution in [3.8, 4) is 0 Å². The fourth-order valence-electron chi connectivity index (χ4n) is 1.89. The van der Waals surface area contributed by atoms with Crippen molar-refractivity contribution < 1.29 is 12.8 Å². The third-order valence-corrected chi connectivity index (χ3v) is 4.61. The topological polar surface area (TPSA) is 81.2 Å². The maximum Gasteiger partial charge on any atom is 0.283 e. The highest BCUT2D eigenvalue weighted by Crippen LogP contribution is 2.23. The molecule has 1 heterocycles. The number of hydrogen-bond donors (Lipinski definition) is 1. The van der Waals surface area contributed by atoms with Crippen LogP contribution in [0.15, 0.2) is 41.8 Å². The van der Waals surface area contributed by atoms with E-state index < -0.39 is 15.8 Å².